The molecule has 0 saturated carbocycles. The number of hydrogen-bond donors (Lipinski definition) is 0. The second-order valence-corrected chi connectivity index (χ2v) is 5.71. The van der Waals surface area contributed by atoms with Crippen LogP contribution in [0.2, 0.25) is 0 Å². The van der Waals surface area contributed by atoms with Gasteiger partial charge in [0.1, 0.15) is 5.75 Å². The molecule has 0 atom stereocenters. The van der Waals surface area contributed by atoms with Crippen molar-refractivity contribution in [3.63, 3.8) is 0 Å². The summed E-state index contributed by atoms with van der Waals surface area (Å²) in [6.45, 7) is 3.68. The van der Waals surface area contributed by atoms with Crippen LogP contribution < -0.4 is 4.74 Å². The number of nitrogens with zero attached hydrogens (tertiary/aromatic N) is 2. The lowest BCUT2D eigenvalue weighted by Crippen LogP contribution is -2.31. The van der Waals surface area contributed by atoms with Crippen molar-refractivity contribution in [1.29, 1.82) is 0 Å². The third kappa shape index (κ3) is 3.08. The molecule has 1 aromatic heterocycles. The molecule has 1 aliphatic heterocycles. The first kappa shape index (κ1) is 14.1. The molecule has 1 aromatic carbocycles. The van der Waals surface area contributed by atoms with Crippen molar-refractivity contribution in [2.45, 2.75) is 31.6 Å². The highest BCUT2D eigenvalue weighted by Gasteiger charge is 2.34. The van der Waals surface area contributed by atoms with Crippen molar-refractivity contribution in [3.8, 4) is 5.75 Å². The summed E-state index contributed by atoms with van der Waals surface area (Å²) in [5, 5.41) is 4.12. The first-order valence-corrected chi connectivity index (χ1v) is 7.23. The minimum atomic E-state index is -0.0522. The molecule has 0 spiro atoms. The summed E-state index contributed by atoms with van der Waals surface area (Å²) in [6.07, 6.45) is 2.52. The average molecular weight is 288 g/mol. The monoisotopic (exact) mass is 288 g/mol. The molecular formula is C16H20N2O3. The van der Waals surface area contributed by atoms with E-state index >= 15 is 0 Å². The van der Waals surface area contributed by atoms with E-state index in [2.05, 4.69) is 17.1 Å². The molecule has 3 rings (SSSR count). The Balaban J connectivity index is 1.72. The van der Waals surface area contributed by atoms with E-state index in [-0.39, 0.29) is 5.41 Å². The highest BCUT2D eigenvalue weighted by Crippen LogP contribution is 2.33. The van der Waals surface area contributed by atoms with Crippen molar-refractivity contribution >= 4 is 0 Å². The molecule has 1 saturated heterocycles. The highest BCUT2D eigenvalue weighted by atomic mass is 16.5. The fourth-order valence-corrected chi connectivity index (χ4v) is 2.53. The fraction of sp³-hybridized carbons (Fsp3) is 0.500. The zero-order chi connectivity index (χ0) is 14.7. The lowest BCUT2D eigenvalue weighted by atomic mass is 9.82. The van der Waals surface area contributed by atoms with Crippen molar-refractivity contribution in [2.24, 2.45) is 0 Å². The van der Waals surface area contributed by atoms with Crippen LogP contribution >= 0.6 is 0 Å². The summed E-state index contributed by atoms with van der Waals surface area (Å²) in [5.41, 5.74) is 1.09. The van der Waals surface area contributed by atoms with Crippen LogP contribution in [-0.4, -0.2) is 30.5 Å². The maximum Gasteiger partial charge on any atom is 0.232 e. The van der Waals surface area contributed by atoms with Crippen LogP contribution in [0.15, 0.2) is 28.8 Å². The van der Waals surface area contributed by atoms with Crippen molar-refractivity contribution < 1.29 is 14.0 Å². The number of benzene rings is 1. The summed E-state index contributed by atoms with van der Waals surface area (Å²) in [4.78, 5) is 4.58. The molecule has 2 aromatic rings. The van der Waals surface area contributed by atoms with Crippen LogP contribution in [0.25, 0.3) is 0 Å². The Labute approximate surface area is 124 Å². The highest BCUT2D eigenvalue weighted by molar-refractivity contribution is 5.28. The molecule has 112 valence electrons. The Morgan fingerprint density at radius 1 is 1.19 bits per heavy atom. The fourth-order valence-electron chi connectivity index (χ4n) is 2.53. The van der Waals surface area contributed by atoms with Gasteiger partial charge in [-0.05, 0) is 30.5 Å². The van der Waals surface area contributed by atoms with Crippen molar-refractivity contribution in [2.75, 3.05) is 20.3 Å². The predicted octanol–water partition coefficient (Wildman–Crippen LogP) is 2.74. The second kappa shape index (κ2) is 5.85. The minimum absolute atomic E-state index is 0.0522. The van der Waals surface area contributed by atoms with Gasteiger partial charge < -0.3 is 14.0 Å². The summed E-state index contributed by atoms with van der Waals surface area (Å²) < 4.78 is 16.0. The van der Waals surface area contributed by atoms with Gasteiger partial charge >= 0.3 is 0 Å². The van der Waals surface area contributed by atoms with E-state index in [0.717, 1.165) is 49.1 Å². The van der Waals surface area contributed by atoms with Crippen LogP contribution in [0.5, 0.6) is 5.75 Å². The van der Waals surface area contributed by atoms with E-state index < -0.39 is 0 Å². The predicted molar refractivity (Wildman–Crippen MR) is 77.5 cm³/mol. The van der Waals surface area contributed by atoms with E-state index in [1.165, 1.54) is 0 Å². The second-order valence-electron chi connectivity index (χ2n) is 5.71. The molecule has 2 heterocycles. The van der Waals surface area contributed by atoms with E-state index in [1.54, 1.807) is 7.11 Å². The van der Waals surface area contributed by atoms with Crippen LogP contribution in [0.4, 0.5) is 0 Å². The quantitative estimate of drug-likeness (QED) is 0.865. The molecule has 0 radical (unpaired) electrons. The minimum Gasteiger partial charge on any atom is -0.497 e. The van der Waals surface area contributed by atoms with Crippen LogP contribution in [0.3, 0.4) is 0 Å². The van der Waals surface area contributed by atoms with Gasteiger partial charge in [-0.1, -0.05) is 24.2 Å². The van der Waals surface area contributed by atoms with Gasteiger partial charge in [0.15, 0.2) is 5.82 Å². The van der Waals surface area contributed by atoms with E-state index in [4.69, 9.17) is 14.0 Å². The van der Waals surface area contributed by atoms with Crippen molar-refractivity contribution in [1.82, 2.24) is 10.1 Å². The third-order valence-corrected chi connectivity index (χ3v) is 4.10. The SMILES string of the molecule is COc1ccc(Cc2noc(C3(C)CCOCC3)n2)cc1. The molecule has 0 bridgehead atoms. The summed E-state index contributed by atoms with van der Waals surface area (Å²) in [7, 11) is 1.66. The van der Waals surface area contributed by atoms with Gasteiger partial charge in [-0.15, -0.1) is 0 Å². The molecule has 1 aliphatic rings. The topological polar surface area (TPSA) is 57.4 Å². The first-order chi connectivity index (χ1) is 10.2. The Bertz CT molecular complexity index is 586. The zero-order valence-corrected chi connectivity index (χ0v) is 12.5. The van der Waals surface area contributed by atoms with Gasteiger partial charge in [0.25, 0.3) is 0 Å². The third-order valence-electron chi connectivity index (χ3n) is 4.10. The zero-order valence-electron chi connectivity index (χ0n) is 12.5. The van der Waals surface area contributed by atoms with Gasteiger partial charge in [0.2, 0.25) is 5.89 Å². The van der Waals surface area contributed by atoms with E-state index in [9.17, 15) is 0 Å². The summed E-state index contributed by atoms with van der Waals surface area (Å²) >= 11 is 0. The number of aromatic nitrogens is 2. The average Bonchev–Trinajstić information content (AvgIpc) is 2.98. The number of hydrogen-bond acceptors (Lipinski definition) is 5. The van der Waals surface area contributed by atoms with Gasteiger partial charge in [0.05, 0.1) is 12.5 Å². The summed E-state index contributed by atoms with van der Waals surface area (Å²) in [6, 6.07) is 7.92. The van der Waals surface area contributed by atoms with Crippen LogP contribution in [0.1, 0.15) is 37.0 Å². The summed E-state index contributed by atoms with van der Waals surface area (Å²) in [5.74, 6) is 2.31. The van der Waals surface area contributed by atoms with E-state index in [0.29, 0.717) is 6.42 Å². The van der Waals surface area contributed by atoms with Gasteiger partial charge in [-0.3, -0.25) is 0 Å². The van der Waals surface area contributed by atoms with Gasteiger partial charge in [0, 0.05) is 19.6 Å². The lowest BCUT2D eigenvalue weighted by Gasteiger charge is -2.29. The molecule has 0 aliphatic carbocycles. The normalized spacial score (nSPS) is 17.6. The largest absolute Gasteiger partial charge is 0.497 e. The Kier molecular flexibility index (Phi) is 3.92. The molecule has 5 heteroatoms. The van der Waals surface area contributed by atoms with Crippen LogP contribution in [0, 0.1) is 0 Å². The molecule has 21 heavy (non-hydrogen) atoms. The lowest BCUT2D eigenvalue weighted by molar-refractivity contribution is 0.0447. The smallest absolute Gasteiger partial charge is 0.232 e. The number of methoxy groups -OCH3 is 1. The Hall–Kier alpha value is -1.88. The molecule has 0 unspecified atom stereocenters. The molecule has 0 N–H and O–H groups in total. The molecule has 0 amide bonds. The van der Waals surface area contributed by atoms with Gasteiger partial charge in [-0.25, -0.2) is 0 Å². The maximum absolute atomic E-state index is 5.48. The van der Waals surface area contributed by atoms with E-state index in [1.807, 2.05) is 24.3 Å². The standard InChI is InChI=1S/C16H20N2O3/c1-16(7-9-20-10-8-16)15-17-14(18-21-15)11-12-3-5-13(19-2)6-4-12/h3-6H,7-11H2,1-2H3. The Morgan fingerprint density at radius 3 is 2.57 bits per heavy atom. The molecule has 5 nitrogen and oxygen atoms in total. The maximum atomic E-state index is 5.48. The van der Waals surface area contributed by atoms with Crippen LogP contribution in [-0.2, 0) is 16.6 Å². The van der Waals surface area contributed by atoms with Crippen molar-refractivity contribution in [3.05, 3.63) is 41.5 Å². The molecular weight excluding hydrogens is 268 g/mol. The number of ether oxygens (including phenoxy) is 2. The van der Waals surface area contributed by atoms with Gasteiger partial charge in [-0.2, -0.15) is 4.98 Å². The number of rotatable bonds is 4. The Morgan fingerprint density at radius 2 is 1.90 bits per heavy atom. The first-order valence-electron chi connectivity index (χ1n) is 7.23. The molecule has 1 fully saturated rings.